The molecule has 1 rings (SSSR count). The highest BCUT2D eigenvalue weighted by molar-refractivity contribution is 4.82. The van der Waals surface area contributed by atoms with Crippen molar-refractivity contribution in [3.63, 3.8) is 0 Å². The average molecular weight is 181 g/mol. The molecule has 0 spiro atoms. The van der Waals surface area contributed by atoms with Crippen molar-refractivity contribution in [1.82, 2.24) is 5.32 Å². The van der Waals surface area contributed by atoms with Gasteiger partial charge in [0.25, 0.3) is 0 Å². The second kappa shape index (κ2) is 6.20. The van der Waals surface area contributed by atoms with Gasteiger partial charge in [0.05, 0.1) is 0 Å². The van der Waals surface area contributed by atoms with Gasteiger partial charge in [-0.25, -0.2) is 0 Å². The molecule has 0 heterocycles. The van der Waals surface area contributed by atoms with Gasteiger partial charge in [-0.3, -0.25) is 0 Å². The molecule has 0 saturated heterocycles. The lowest BCUT2D eigenvalue weighted by atomic mass is 9.94. The number of allylic oxidation sites excluding steroid dienone is 1. The summed E-state index contributed by atoms with van der Waals surface area (Å²) in [7, 11) is 0. The van der Waals surface area contributed by atoms with Gasteiger partial charge >= 0.3 is 0 Å². The normalized spacial score (nSPS) is 20.4. The maximum atomic E-state index is 3.79. The highest BCUT2D eigenvalue weighted by atomic mass is 14.9. The van der Waals surface area contributed by atoms with Crippen LogP contribution < -0.4 is 5.32 Å². The van der Waals surface area contributed by atoms with Crippen molar-refractivity contribution in [1.29, 1.82) is 0 Å². The Morgan fingerprint density at radius 3 is 2.69 bits per heavy atom. The largest absolute Gasteiger partial charge is 0.314 e. The quantitative estimate of drug-likeness (QED) is 0.621. The minimum atomic E-state index is 0.755. The van der Waals surface area contributed by atoms with Crippen LogP contribution in [0.1, 0.15) is 45.4 Å². The van der Waals surface area contributed by atoms with Gasteiger partial charge in [-0.1, -0.05) is 25.8 Å². The Morgan fingerprint density at radius 2 is 2.15 bits per heavy atom. The minimum absolute atomic E-state index is 0.755. The summed E-state index contributed by atoms with van der Waals surface area (Å²) >= 11 is 0. The Kier molecular flexibility index (Phi) is 5.14. The molecule has 0 aliphatic heterocycles. The van der Waals surface area contributed by atoms with Crippen molar-refractivity contribution < 1.29 is 0 Å². The molecule has 0 aromatic rings. The van der Waals surface area contributed by atoms with Gasteiger partial charge in [0, 0.05) is 6.04 Å². The van der Waals surface area contributed by atoms with Crippen molar-refractivity contribution in [3.8, 4) is 0 Å². The fourth-order valence-corrected chi connectivity index (χ4v) is 2.42. The summed E-state index contributed by atoms with van der Waals surface area (Å²) in [4.78, 5) is 0. The summed E-state index contributed by atoms with van der Waals surface area (Å²) in [5.41, 5.74) is 0. The molecule has 0 radical (unpaired) electrons. The Hall–Kier alpha value is -0.300. The fraction of sp³-hybridized carbons (Fsp3) is 0.833. The van der Waals surface area contributed by atoms with Crippen LogP contribution in [0, 0.1) is 5.92 Å². The summed E-state index contributed by atoms with van der Waals surface area (Å²) in [5, 5.41) is 3.61. The molecule has 1 saturated carbocycles. The molecule has 0 amide bonds. The summed E-state index contributed by atoms with van der Waals surface area (Å²) in [6.07, 6.45) is 10.3. The Bertz CT molecular complexity index is 136. The van der Waals surface area contributed by atoms with Crippen LogP contribution in [0.15, 0.2) is 12.7 Å². The van der Waals surface area contributed by atoms with E-state index in [0.717, 1.165) is 24.9 Å². The molecule has 1 heteroatoms. The van der Waals surface area contributed by atoms with Gasteiger partial charge in [0.15, 0.2) is 0 Å². The SMILES string of the molecule is C=CCCC(NCC)C1CCCC1. The molecular formula is C12H23N. The van der Waals surface area contributed by atoms with E-state index in [1.54, 1.807) is 0 Å². The van der Waals surface area contributed by atoms with Crippen molar-refractivity contribution in [2.45, 2.75) is 51.5 Å². The number of nitrogens with one attached hydrogen (secondary N) is 1. The van der Waals surface area contributed by atoms with Crippen LogP contribution in [0.2, 0.25) is 0 Å². The third-order valence-corrected chi connectivity index (χ3v) is 3.12. The monoisotopic (exact) mass is 181 g/mol. The maximum absolute atomic E-state index is 3.79. The third kappa shape index (κ3) is 3.51. The summed E-state index contributed by atoms with van der Waals surface area (Å²) < 4.78 is 0. The van der Waals surface area contributed by atoms with E-state index in [1.165, 1.54) is 32.1 Å². The second-order valence-electron chi connectivity index (χ2n) is 4.07. The van der Waals surface area contributed by atoms with Gasteiger partial charge < -0.3 is 5.32 Å². The van der Waals surface area contributed by atoms with E-state index in [2.05, 4.69) is 18.8 Å². The molecule has 1 aliphatic carbocycles. The highest BCUT2D eigenvalue weighted by Gasteiger charge is 2.23. The molecule has 1 unspecified atom stereocenters. The first-order valence-corrected chi connectivity index (χ1v) is 5.72. The molecule has 1 nitrogen and oxygen atoms in total. The standard InChI is InChI=1S/C12H23N/c1-3-5-10-12(13-4-2)11-8-6-7-9-11/h3,11-13H,1,4-10H2,2H3. The average Bonchev–Trinajstić information content (AvgIpc) is 2.65. The van der Waals surface area contributed by atoms with Gasteiger partial charge in [0.2, 0.25) is 0 Å². The van der Waals surface area contributed by atoms with Crippen molar-refractivity contribution in [2.75, 3.05) is 6.54 Å². The molecule has 1 N–H and O–H groups in total. The first-order chi connectivity index (χ1) is 6.38. The summed E-state index contributed by atoms with van der Waals surface area (Å²) in [6.45, 7) is 7.11. The number of rotatable bonds is 6. The highest BCUT2D eigenvalue weighted by Crippen LogP contribution is 2.29. The van der Waals surface area contributed by atoms with Gasteiger partial charge in [-0.2, -0.15) is 0 Å². The zero-order valence-electron chi connectivity index (χ0n) is 8.89. The molecule has 1 aliphatic rings. The second-order valence-corrected chi connectivity index (χ2v) is 4.07. The smallest absolute Gasteiger partial charge is 0.00981 e. The van der Waals surface area contributed by atoms with E-state index in [4.69, 9.17) is 0 Å². The molecule has 0 bridgehead atoms. The molecule has 0 aromatic heterocycles. The van der Waals surface area contributed by atoms with E-state index in [1.807, 2.05) is 6.08 Å². The van der Waals surface area contributed by atoms with Gasteiger partial charge in [-0.05, 0) is 38.1 Å². The first-order valence-electron chi connectivity index (χ1n) is 5.72. The predicted molar refractivity (Wildman–Crippen MR) is 58.9 cm³/mol. The third-order valence-electron chi connectivity index (χ3n) is 3.12. The lowest BCUT2D eigenvalue weighted by molar-refractivity contribution is 0.348. The van der Waals surface area contributed by atoms with Crippen LogP contribution in [-0.4, -0.2) is 12.6 Å². The Balaban J connectivity index is 2.30. The summed E-state index contributed by atoms with van der Waals surface area (Å²) in [6, 6.07) is 0.755. The molecule has 76 valence electrons. The Labute approximate surface area is 82.6 Å². The van der Waals surface area contributed by atoms with E-state index < -0.39 is 0 Å². The molecule has 1 atom stereocenters. The predicted octanol–water partition coefficient (Wildman–Crippen LogP) is 3.12. The van der Waals surface area contributed by atoms with E-state index >= 15 is 0 Å². The van der Waals surface area contributed by atoms with E-state index in [-0.39, 0.29) is 0 Å². The Morgan fingerprint density at radius 1 is 1.46 bits per heavy atom. The van der Waals surface area contributed by atoms with Crippen LogP contribution in [0.25, 0.3) is 0 Å². The van der Waals surface area contributed by atoms with E-state index in [9.17, 15) is 0 Å². The minimum Gasteiger partial charge on any atom is -0.314 e. The lowest BCUT2D eigenvalue weighted by Crippen LogP contribution is -2.34. The van der Waals surface area contributed by atoms with Crippen molar-refractivity contribution >= 4 is 0 Å². The van der Waals surface area contributed by atoms with Crippen LogP contribution in [0.5, 0.6) is 0 Å². The lowest BCUT2D eigenvalue weighted by Gasteiger charge is -2.23. The van der Waals surface area contributed by atoms with Crippen LogP contribution in [-0.2, 0) is 0 Å². The molecule has 0 aromatic carbocycles. The number of hydrogen-bond acceptors (Lipinski definition) is 1. The van der Waals surface area contributed by atoms with Crippen molar-refractivity contribution in [3.05, 3.63) is 12.7 Å². The number of hydrogen-bond donors (Lipinski definition) is 1. The van der Waals surface area contributed by atoms with E-state index in [0.29, 0.717) is 0 Å². The van der Waals surface area contributed by atoms with Gasteiger partial charge in [-0.15, -0.1) is 6.58 Å². The first kappa shape index (κ1) is 10.8. The molecule has 1 fully saturated rings. The maximum Gasteiger partial charge on any atom is 0.00981 e. The zero-order chi connectivity index (χ0) is 9.52. The van der Waals surface area contributed by atoms with Crippen LogP contribution in [0.3, 0.4) is 0 Å². The topological polar surface area (TPSA) is 12.0 Å². The molecule has 13 heavy (non-hydrogen) atoms. The van der Waals surface area contributed by atoms with Gasteiger partial charge in [0.1, 0.15) is 0 Å². The van der Waals surface area contributed by atoms with Crippen LogP contribution >= 0.6 is 0 Å². The summed E-state index contributed by atoms with van der Waals surface area (Å²) in [5.74, 6) is 0.944. The van der Waals surface area contributed by atoms with Crippen LogP contribution in [0.4, 0.5) is 0 Å². The zero-order valence-corrected chi connectivity index (χ0v) is 8.89. The molecular weight excluding hydrogens is 158 g/mol. The van der Waals surface area contributed by atoms with Crippen molar-refractivity contribution in [2.24, 2.45) is 5.92 Å². The fourth-order valence-electron chi connectivity index (χ4n) is 2.42.